The summed E-state index contributed by atoms with van der Waals surface area (Å²) in [6.45, 7) is 1.18. The summed E-state index contributed by atoms with van der Waals surface area (Å²) in [5, 5.41) is 10.1. The van der Waals surface area contributed by atoms with Crippen LogP contribution in [0.15, 0.2) is 0 Å². The molecule has 2 rings (SSSR count). The zero-order chi connectivity index (χ0) is 9.26. The molecule has 0 aromatic rings. The molecule has 0 aromatic carbocycles. The van der Waals surface area contributed by atoms with E-state index in [1.807, 2.05) is 0 Å². The van der Waals surface area contributed by atoms with Gasteiger partial charge in [0.2, 0.25) is 0 Å². The van der Waals surface area contributed by atoms with Crippen molar-refractivity contribution in [1.82, 2.24) is 4.90 Å². The van der Waals surface area contributed by atoms with E-state index in [-0.39, 0.29) is 6.10 Å². The fourth-order valence-electron chi connectivity index (χ4n) is 2.63. The van der Waals surface area contributed by atoms with Crippen LogP contribution >= 0.6 is 0 Å². The van der Waals surface area contributed by atoms with Crippen LogP contribution in [-0.4, -0.2) is 35.7 Å². The van der Waals surface area contributed by atoms with Crippen molar-refractivity contribution in [3.63, 3.8) is 0 Å². The van der Waals surface area contributed by atoms with Gasteiger partial charge in [-0.25, -0.2) is 0 Å². The lowest BCUT2D eigenvalue weighted by Gasteiger charge is -2.41. The fraction of sp³-hybridized carbons (Fsp3) is 1.00. The van der Waals surface area contributed by atoms with E-state index in [1.165, 1.54) is 45.1 Å². The Morgan fingerprint density at radius 2 is 1.92 bits per heavy atom. The molecule has 2 aliphatic rings. The molecule has 0 spiro atoms. The van der Waals surface area contributed by atoms with Gasteiger partial charge in [-0.1, -0.05) is 12.8 Å². The lowest BCUT2D eigenvalue weighted by molar-refractivity contribution is -0.0208. The van der Waals surface area contributed by atoms with Gasteiger partial charge in [0.05, 0.1) is 6.10 Å². The maximum Gasteiger partial charge on any atom is 0.0723 e. The lowest BCUT2D eigenvalue weighted by Crippen LogP contribution is -2.48. The molecule has 2 heteroatoms. The van der Waals surface area contributed by atoms with E-state index in [0.717, 1.165) is 0 Å². The van der Waals surface area contributed by atoms with E-state index in [2.05, 4.69) is 11.9 Å². The van der Waals surface area contributed by atoms with Gasteiger partial charge in [0.1, 0.15) is 0 Å². The van der Waals surface area contributed by atoms with Crippen molar-refractivity contribution in [2.45, 2.75) is 50.7 Å². The minimum absolute atomic E-state index is 0.0425. The number of hydrogen-bond donors (Lipinski definition) is 1. The Hall–Kier alpha value is -0.0800. The Morgan fingerprint density at radius 1 is 1.15 bits per heavy atom. The minimum atomic E-state index is -0.0425. The molecule has 76 valence electrons. The summed E-state index contributed by atoms with van der Waals surface area (Å²) in [5.41, 5.74) is 0. The first-order chi connectivity index (χ1) is 6.29. The number of piperidine rings is 1. The predicted molar refractivity (Wildman–Crippen MR) is 53.6 cm³/mol. The number of aliphatic hydroxyl groups is 1. The van der Waals surface area contributed by atoms with Gasteiger partial charge in [-0.3, -0.25) is 0 Å². The van der Waals surface area contributed by atoms with Gasteiger partial charge < -0.3 is 10.0 Å². The van der Waals surface area contributed by atoms with Gasteiger partial charge in [0.25, 0.3) is 0 Å². The first-order valence-corrected chi connectivity index (χ1v) is 5.67. The van der Waals surface area contributed by atoms with Crippen molar-refractivity contribution in [3.8, 4) is 0 Å². The topological polar surface area (TPSA) is 23.5 Å². The molecule has 13 heavy (non-hydrogen) atoms. The zero-order valence-corrected chi connectivity index (χ0v) is 8.58. The van der Waals surface area contributed by atoms with Gasteiger partial charge in [-0.2, -0.15) is 0 Å². The first kappa shape index (κ1) is 9.47. The number of aliphatic hydroxyl groups excluding tert-OH is 1. The van der Waals surface area contributed by atoms with Gasteiger partial charge in [0, 0.05) is 6.04 Å². The highest BCUT2D eigenvalue weighted by molar-refractivity contribution is 4.88. The second-order valence-corrected chi connectivity index (χ2v) is 4.73. The van der Waals surface area contributed by atoms with Crippen molar-refractivity contribution in [1.29, 1.82) is 0 Å². The highest BCUT2D eigenvalue weighted by Crippen LogP contribution is 2.34. The van der Waals surface area contributed by atoms with Gasteiger partial charge in [0.15, 0.2) is 0 Å². The number of likely N-dealkylation sites (tertiary alicyclic amines) is 1. The average Bonchev–Trinajstić information content (AvgIpc) is 2.01. The van der Waals surface area contributed by atoms with E-state index in [4.69, 9.17) is 0 Å². The number of hydrogen-bond acceptors (Lipinski definition) is 2. The number of rotatable bonds is 2. The van der Waals surface area contributed by atoms with Gasteiger partial charge >= 0.3 is 0 Å². The van der Waals surface area contributed by atoms with Gasteiger partial charge in [-0.05, 0) is 45.2 Å². The maximum absolute atomic E-state index is 10.1. The standard InChI is InChI=1S/C11H21NO/c1-12-8-3-2-7-10(12)11(13)9-5-4-6-9/h9-11,13H,2-8H2,1H3. The smallest absolute Gasteiger partial charge is 0.0723 e. The molecular weight excluding hydrogens is 162 g/mol. The highest BCUT2D eigenvalue weighted by atomic mass is 16.3. The van der Waals surface area contributed by atoms with Gasteiger partial charge in [-0.15, -0.1) is 0 Å². The van der Waals surface area contributed by atoms with Crippen LogP contribution in [-0.2, 0) is 0 Å². The van der Waals surface area contributed by atoms with Crippen molar-refractivity contribution >= 4 is 0 Å². The molecule has 2 unspecified atom stereocenters. The fourth-order valence-corrected chi connectivity index (χ4v) is 2.63. The quantitative estimate of drug-likeness (QED) is 0.703. The van der Waals surface area contributed by atoms with Crippen LogP contribution < -0.4 is 0 Å². The molecule has 2 nitrogen and oxygen atoms in total. The average molecular weight is 183 g/mol. The second-order valence-electron chi connectivity index (χ2n) is 4.73. The number of nitrogens with zero attached hydrogens (tertiary/aromatic N) is 1. The molecule has 1 saturated heterocycles. The van der Waals surface area contributed by atoms with Crippen LogP contribution in [0.2, 0.25) is 0 Å². The van der Waals surface area contributed by atoms with E-state index < -0.39 is 0 Å². The monoisotopic (exact) mass is 183 g/mol. The van der Waals surface area contributed by atoms with Crippen LogP contribution in [0.5, 0.6) is 0 Å². The third-order valence-corrected chi connectivity index (χ3v) is 3.85. The zero-order valence-electron chi connectivity index (χ0n) is 8.58. The first-order valence-electron chi connectivity index (χ1n) is 5.67. The van der Waals surface area contributed by atoms with Crippen molar-refractivity contribution in [2.75, 3.05) is 13.6 Å². The summed E-state index contributed by atoms with van der Waals surface area (Å²) in [7, 11) is 2.16. The Kier molecular flexibility index (Phi) is 2.89. The molecule has 0 bridgehead atoms. The van der Waals surface area contributed by atoms with Crippen LogP contribution in [0.1, 0.15) is 38.5 Å². The molecule has 1 aliphatic carbocycles. The Labute approximate surface area is 80.9 Å². The van der Waals surface area contributed by atoms with E-state index >= 15 is 0 Å². The predicted octanol–water partition coefficient (Wildman–Crippen LogP) is 1.63. The van der Waals surface area contributed by atoms with Crippen LogP contribution in [0.25, 0.3) is 0 Å². The van der Waals surface area contributed by atoms with E-state index in [9.17, 15) is 5.11 Å². The molecule has 1 heterocycles. The molecule has 0 radical (unpaired) electrons. The third-order valence-electron chi connectivity index (χ3n) is 3.85. The second kappa shape index (κ2) is 3.97. The maximum atomic E-state index is 10.1. The van der Waals surface area contributed by atoms with Crippen molar-refractivity contribution in [3.05, 3.63) is 0 Å². The van der Waals surface area contributed by atoms with Crippen molar-refractivity contribution < 1.29 is 5.11 Å². The summed E-state index contributed by atoms with van der Waals surface area (Å²) in [4.78, 5) is 2.35. The number of likely N-dealkylation sites (N-methyl/N-ethyl adjacent to an activating group) is 1. The van der Waals surface area contributed by atoms with E-state index in [1.54, 1.807) is 0 Å². The Balaban J connectivity index is 1.88. The molecular formula is C11H21NO. The summed E-state index contributed by atoms with van der Waals surface area (Å²) in [5.74, 6) is 0.616. The van der Waals surface area contributed by atoms with Crippen molar-refractivity contribution in [2.24, 2.45) is 5.92 Å². The highest BCUT2D eigenvalue weighted by Gasteiger charge is 2.34. The molecule has 1 saturated carbocycles. The largest absolute Gasteiger partial charge is 0.391 e. The van der Waals surface area contributed by atoms with Crippen LogP contribution in [0, 0.1) is 5.92 Å². The molecule has 0 aromatic heterocycles. The third kappa shape index (κ3) is 1.89. The summed E-state index contributed by atoms with van der Waals surface area (Å²) < 4.78 is 0. The summed E-state index contributed by atoms with van der Waals surface area (Å²) >= 11 is 0. The lowest BCUT2D eigenvalue weighted by atomic mass is 9.77. The Morgan fingerprint density at radius 3 is 2.46 bits per heavy atom. The molecule has 2 atom stereocenters. The van der Waals surface area contributed by atoms with Crippen LogP contribution in [0.4, 0.5) is 0 Å². The SMILES string of the molecule is CN1CCCCC1C(O)C1CCC1. The van der Waals surface area contributed by atoms with E-state index in [0.29, 0.717) is 12.0 Å². The molecule has 2 fully saturated rings. The normalized spacial score (nSPS) is 34.2. The Bertz CT molecular complexity index is 167. The summed E-state index contributed by atoms with van der Waals surface area (Å²) in [6, 6.07) is 0.457. The molecule has 0 amide bonds. The van der Waals surface area contributed by atoms with Crippen LogP contribution in [0.3, 0.4) is 0 Å². The molecule has 1 N–H and O–H groups in total. The molecule has 1 aliphatic heterocycles. The summed E-state index contributed by atoms with van der Waals surface area (Å²) in [6.07, 6.45) is 7.62. The minimum Gasteiger partial charge on any atom is -0.391 e.